The molecule has 0 aromatic heterocycles. The highest BCUT2D eigenvalue weighted by molar-refractivity contribution is 5.97. The van der Waals surface area contributed by atoms with Crippen molar-refractivity contribution in [1.29, 1.82) is 0 Å². The van der Waals surface area contributed by atoms with Crippen molar-refractivity contribution in [2.75, 3.05) is 31.6 Å². The number of para-hydroxylation sites is 1. The number of nitrogens with one attached hydrogen (secondary N) is 1. The summed E-state index contributed by atoms with van der Waals surface area (Å²) in [6.07, 6.45) is 1.02. The fraction of sp³-hybridized carbons (Fsp3) is 0.310. The fourth-order valence-electron chi connectivity index (χ4n) is 4.67. The third-order valence-corrected chi connectivity index (χ3v) is 6.48. The minimum Gasteiger partial charge on any atom is -0.466 e. The van der Waals surface area contributed by atoms with Crippen LogP contribution in [-0.2, 0) is 16.0 Å². The topological polar surface area (TPSA) is 131 Å². The predicted molar refractivity (Wildman–Crippen MR) is 145 cm³/mol. The van der Waals surface area contributed by atoms with Crippen LogP contribution in [0.3, 0.4) is 0 Å². The van der Waals surface area contributed by atoms with Gasteiger partial charge in [0.05, 0.1) is 24.0 Å². The second kappa shape index (κ2) is 12.9. The number of benzene rings is 3. The van der Waals surface area contributed by atoms with Crippen LogP contribution in [0, 0.1) is 10.1 Å². The van der Waals surface area contributed by atoms with Crippen molar-refractivity contribution in [2.24, 2.45) is 0 Å². The number of aliphatic hydroxyl groups excluding tert-OH is 1. The van der Waals surface area contributed by atoms with Crippen LogP contribution in [0.1, 0.15) is 47.3 Å². The summed E-state index contributed by atoms with van der Waals surface area (Å²) in [6, 6.07) is 18.7. The maximum absolute atomic E-state index is 13.6. The van der Waals surface area contributed by atoms with Gasteiger partial charge in [0.15, 0.2) is 0 Å². The smallest absolute Gasteiger partial charge is 0.334 e. The van der Waals surface area contributed by atoms with E-state index in [9.17, 15) is 19.7 Å². The first kappa shape index (κ1) is 27.6. The Labute approximate surface area is 226 Å². The summed E-state index contributed by atoms with van der Waals surface area (Å²) in [4.78, 5) is 39.0. The molecule has 1 aliphatic rings. The number of nitro benzene ring substituents is 1. The summed E-state index contributed by atoms with van der Waals surface area (Å²) in [5.41, 5.74) is 2.19. The first-order valence-electron chi connectivity index (χ1n) is 12.9. The lowest BCUT2D eigenvalue weighted by Crippen LogP contribution is -2.41. The maximum atomic E-state index is 13.6. The zero-order valence-electron chi connectivity index (χ0n) is 21.7. The number of hydrogen-bond donors (Lipinski definition) is 2. The van der Waals surface area contributed by atoms with Gasteiger partial charge in [-0.3, -0.25) is 19.7 Å². The average Bonchev–Trinajstić information content (AvgIpc) is 2.93. The Balaban J connectivity index is 1.57. The molecule has 1 atom stereocenters. The minimum atomic E-state index is -0.510. The lowest BCUT2D eigenvalue weighted by atomic mass is 9.94. The van der Waals surface area contributed by atoms with E-state index < -0.39 is 11.0 Å². The second-order valence-electron chi connectivity index (χ2n) is 9.02. The number of nitro groups is 1. The van der Waals surface area contributed by atoms with Gasteiger partial charge < -0.3 is 24.8 Å². The molecule has 1 heterocycles. The Morgan fingerprint density at radius 3 is 2.67 bits per heavy atom. The molecule has 10 nitrogen and oxygen atoms in total. The van der Waals surface area contributed by atoms with Crippen LogP contribution < -0.4 is 10.1 Å². The van der Waals surface area contributed by atoms with Crippen molar-refractivity contribution in [3.05, 3.63) is 93.5 Å². The third-order valence-electron chi connectivity index (χ3n) is 6.48. The van der Waals surface area contributed by atoms with E-state index in [2.05, 4.69) is 5.32 Å². The van der Waals surface area contributed by atoms with E-state index in [1.165, 1.54) is 6.07 Å². The van der Waals surface area contributed by atoms with Crippen LogP contribution in [0.4, 0.5) is 11.4 Å². The first-order valence-corrected chi connectivity index (χ1v) is 12.9. The number of nitrogens with zero attached hydrogens (tertiary/aromatic N) is 2. The quantitative estimate of drug-likeness (QED) is 0.146. The first-order chi connectivity index (χ1) is 18.9. The van der Waals surface area contributed by atoms with E-state index >= 15 is 0 Å². The molecule has 1 unspecified atom stereocenters. The van der Waals surface area contributed by atoms with Gasteiger partial charge in [0.1, 0.15) is 11.4 Å². The summed E-state index contributed by atoms with van der Waals surface area (Å²) in [7, 11) is 0. The Kier molecular flexibility index (Phi) is 9.11. The Bertz CT molecular complexity index is 1330. The highest BCUT2D eigenvalue weighted by atomic mass is 16.6. The van der Waals surface area contributed by atoms with Crippen LogP contribution >= 0.6 is 0 Å². The summed E-state index contributed by atoms with van der Waals surface area (Å²) in [5, 5.41) is 23.8. The normalized spacial score (nSPS) is 13.4. The highest BCUT2D eigenvalue weighted by Gasteiger charge is 2.33. The number of rotatable bonds is 12. The molecule has 4 rings (SSSR count). The largest absolute Gasteiger partial charge is 0.466 e. The highest BCUT2D eigenvalue weighted by Crippen LogP contribution is 2.39. The van der Waals surface area contributed by atoms with E-state index in [-0.39, 0.29) is 42.9 Å². The summed E-state index contributed by atoms with van der Waals surface area (Å²) in [5.74, 6) is -0.140. The molecule has 1 amide bonds. The molecule has 0 saturated carbocycles. The van der Waals surface area contributed by atoms with E-state index in [4.69, 9.17) is 14.6 Å². The zero-order valence-corrected chi connectivity index (χ0v) is 21.7. The van der Waals surface area contributed by atoms with Crippen LogP contribution in [0.5, 0.6) is 11.5 Å². The number of amides is 1. The third kappa shape index (κ3) is 6.53. The molecule has 3 aromatic carbocycles. The molecule has 0 fully saturated rings. The van der Waals surface area contributed by atoms with E-state index in [0.29, 0.717) is 42.9 Å². The molecule has 3 aromatic rings. The molecule has 1 aliphatic heterocycles. The molecule has 39 heavy (non-hydrogen) atoms. The SMILES string of the molecule is CCOC(=O)CC(c1ccccc1)N1CCc2cc(Oc3cccc(NCCCO)c3[N+](=O)[O-])ccc2C1=O. The molecule has 2 N–H and O–H groups in total. The number of ether oxygens (including phenoxy) is 2. The van der Waals surface area contributed by atoms with Crippen molar-refractivity contribution in [3.63, 3.8) is 0 Å². The van der Waals surface area contributed by atoms with E-state index in [1.807, 2.05) is 30.3 Å². The maximum Gasteiger partial charge on any atom is 0.334 e. The second-order valence-corrected chi connectivity index (χ2v) is 9.02. The molecule has 204 valence electrons. The van der Waals surface area contributed by atoms with Crippen LogP contribution in [0.2, 0.25) is 0 Å². The van der Waals surface area contributed by atoms with Gasteiger partial charge in [-0.05, 0) is 61.2 Å². The Hall–Kier alpha value is -4.44. The van der Waals surface area contributed by atoms with Gasteiger partial charge in [-0.2, -0.15) is 0 Å². The number of carbonyl (C=O) groups is 2. The zero-order chi connectivity index (χ0) is 27.8. The van der Waals surface area contributed by atoms with Crippen LogP contribution in [-0.4, -0.2) is 53.1 Å². The van der Waals surface area contributed by atoms with Crippen LogP contribution in [0.25, 0.3) is 0 Å². The predicted octanol–water partition coefficient (Wildman–Crippen LogP) is 4.87. The Morgan fingerprint density at radius 1 is 1.15 bits per heavy atom. The summed E-state index contributed by atoms with van der Waals surface area (Å²) in [6.45, 7) is 2.74. The number of aliphatic hydroxyl groups is 1. The van der Waals surface area contributed by atoms with Crippen molar-refractivity contribution >= 4 is 23.3 Å². The monoisotopic (exact) mass is 533 g/mol. The molecule has 0 spiro atoms. The lowest BCUT2D eigenvalue weighted by molar-refractivity contribution is -0.384. The van der Waals surface area contributed by atoms with E-state index in [1.54, 1.807) is 42.2 Å². The average molecular weight is 534 g/mol. The molecule has 0 aliphatic carbocycles. The van der Waals surface area contributed by atoms with Gasteiger partial charge in [0.25, 0.3) is 5.91 Å². The summed E-state index contributed by atoms with van der Waals surface area (Å²) >= 11 is 0. The number of hydrogen-bond acceptors (Lipinski definition) is 8. The molecule has 10 heteroatoms. The fourth-order valence-corrected chi connectivity index (χ4v) is 4.67. The molecule has 0 radical (unpaired) electrons. The molecular formula is C29H31N3O7. The van der Waals surface area contributed by atoms with Crippen LogP contribution in [0.15, 0.2) is 66.7 Å². The lowest BCUT2D eigenvalue weighted by Gasteiger charge is -2.35. The molecular weight excluding hydrogens is 502 g/mol. The van der Waals surface area contributed by atoms with Gasteiger partial charge in [-0.15, -0.1) is 0 Å². The van der Waals surface area contributed by atoms with Crippen molar-refractivity contribution in [3.8, 4) is 11.5 Å². The van der Waals surface area contributed by atoms with Gasteiger partial charge >= 0.3 is 11.7 Å². The number of carbonyl (C=O) groups excluding carboxylic acids is 2. The van der Waals surface area contributed by atoms with Crippen molar-refractivity contribution < 1.29 is 29.1 Å². The standard InChI is InChI=1S/C29H31N3O7/c1-2-38-27(34)19-25(20-8-4-3-5-9-20)31-16-14-21-18-22(12-13-23(21)29(31)35)39-26-11-6-10-24(28(26)32(36)37)30-15-7-17-33/h3-6,8-13,18,25,30,33H,2,7,14-17,19H2,1H3. The van der Waals surface area contributed by atoms with Crippen molar-refractivity contribution in [2.45, 2.75) is 32.2 Å². The van der Waals surface area contributed by atoms with E-state index in [0.717, 1.165) is 11.1 Å². The van der Waals surface area contributed by atoms with Crippen molar-refractivity contribution in [1.82, 2.24) is 4.90 Å². The van der Waals surface area contributed by atoms with Gasteiger partial charge in [0, 0.05) is 25.3 Å². The number of anilines is 1. The van der Waals surface area contributed by atoms with Gasteiger partial charge in [-0.1, -0.05) is 36.4 Å². The van der Waals surface area contributed by atoms with Gasteiger partial charge in [0.2, 0.25) is 5.75 Å². The summed E-state index contributed by atoms with van der Waals surface area (Å²) < 4.78 is 11.1. The molecule has 0 saturated heterocycles. The Morgan fingerprint density at radius 2 is 1.95 bits per heavy atom. The number of esters is 1. The minimum absolute atomic E-state index is 0.0306. The molecule has 0 bridgehead atoms. The number of fused-ring (bicyclic) bond motifs is 1. The van der Waals surface area contributed by atoms with Gasteiger partial charge in [-0.25, -0.2) is 0 Å².